The maximum Gasteiger partial charge on any atom is 0.0312 e. The molecular weight excluding hydrogens is 223 g/mol. The number of halogens is 1. The zero-order valence-electron chi connectivity index (χ0n) is 8.65. The van der Waals surface area contributed by atoms with Crippen LogP contribution in [0.15, 0.2) is 0 Å². The molecule has 0 radical (unpaired) electrons. The van der Waals surface area contributed by atoms with E-state index in [1.165, 1.54) is 19.3 Å². The van der Waals surface area contributed by atoms with Crippen LogP contribution < -0.4 is 0 Å². The van der Waals surface area contributed by atoms with Crippen LogP contribution in [-0.2, 0) is 19.5 Å². The number of nitrogens with zero attached hydrogens (tertiary/aromatic N) is 1. The molecule has 1 heterocycles. The van der Waals surface area contributed by atoms with E-state index in [9.17, 15) is 0 Å². The van der Waals surface area contributed by atoms with Crippen LogP contribution in [0.1, 0.15) is 47.0 Å². The predicted molar refractivity (Wildman–Crippen MR) is 49.7 cm³/mol. The second-order valence-electron chi connectivity index (χ2n) is 4.76. The van der Waals surface area contributed by atoms with Crippen LogP contribution in [0, 0.1) is 0 Å². The summed E-state index contributed by atoms with van der Waals surface area (Å²) >= 11 is 6.23. The summed E-state index contributed by atoms with van der Waals surface area (Å²) in [6.45, 7) is 8.84. The van der Waals surface area contributed by atoms with Crippen molar-refractivity contribution in [2.45, 2.75) is 58.0 Å². The van der Waals surface area contributed by atoms with Crippen molar-refractivity contribution in [3.63, 3.8) is 0 Å². The minimum atomic E-state index is 0. The maximum absolute atomic E-state index is 6.23. The Morgan fingerprint density at radius 2 is 1.33 bits per heavy atom. The molecule has 1 nitrogen and oxygen atoms in total. The number of hydrogen-bond donors (Lipinski definition) is 0. The summed E-state index contributed by atoms with van der Waals surface area (Å²) in [6.07, 6.45) is 3.71. The Hall–Kier alpha value is 0.873. The maximum atomic E-state index is 6.23. The van der Waals surface area contributed by atoms with Crippen LogP contribution in [0.4, 0.5) is 0 Å². The summed E-state index contributed by atoms with van der Waals surface area (Å²) in [4.78, 5) is 0. The third kappa shape index (κ3) is 2.43. The van der Waals surface area contributed by atoms with E-state index in [-0.39, 0.29) is 30.6 Å². The topological polar surface area (TPSA) is 3.24 Å². The summed E-state index contributed by atoms with van der Waals surface area (Å²) in [5.74, 6) is 0. The van der Waals surface area contributed by atoms with Gasteiger partial charge in [-0.15, -0.1) is 0 Å². The molecule has 0 atom stereocenters. The number of rotatable bonds is 0. The monoisotopic (exact) mass is 239 g/mol. The molecule has 0 spiro atoms. The molecule has 0 bridgehead atoms. The molecule has 1 aliphatic rings. The predicted octanol–water partition coefficient (Wildman–Crippen LogP) is 3.18. The van der Waals surface area contributed by atoms with Gasteiger partial charge in [-0.1, -0.05) is 0 Å². The van der Waals surface area contributed by atoms with Gasteiger partial charge in [-0.25, -0.2) is 4.42 Å². The standard InChI is InChI=1S/C9H18ClN.Zn/c1-8(2)6-5-7-9(3,4)11(8)10;/h5-7H2,1-4H3;. The Morgan fingerprint density at radius 3 is 1.58 bits per heavy atom. The molecule has 68 valence electrons. The molecule has 0 amide bonds. The van der Waals surface area contributed by atoms with Gasteiger partial charge in [0, 0.05) is 30.6 Å². The van der Waals surface area contributed by atoms with Gasteiger partial charge in [-0.2, -0.15) is 0 Å². The van der Waals surface area contributed by atoms with Crippen molar-refractivity contribution in [2.75, 3.05) is 0 Å². The van der Waals surface area contributed by atoms with Gasteiger partial charge in [0.1, 0.15) is 0 Å². The van der Waals surface area contributed by atoms with E-state index in [0.29, 0.717) is 0 Å². The van der Waals surface area contributed by atoms with Crippen molar-refractivity contribution < 1.29 is 19.5 Å². The van der Waals surface area contributed by atoms with Crippen LogP contribution in [-0.4, -0.2) is 15.5 Å². The molecule has 1 aliphatic heterocycles. The zero-order valence-corrected chi connectivity index (χ0v) is 12.4. The molecule has 3 heteroatoms. The summed E-state index contributed by atoms with van der Waals surface area (Å²) in [7, 11) is 0. The first kappa shape index (κ1) is 12.9. The Kier molecular flexibility index (Phi) is 4.23. The first-order valence-electron chi connectivity index (χ1n) is 4.32. The molecule has 0 aromatic heterocycles. The van der Waals surface area contributed by atoms with E-state index >= 15 is 0 Å². The second-order valence-corrected chi connectivity index (χ2v) is 5.10. The summed E-state index contributed by atoms with van der Waals surface area (Å²) in [5, 5.41) is 0. The second kappa shape index (κ2) is 3.94. The Bertz CT molecular complexity index is 141. The molecule has 0 aliphatic carbocycles. The van der Waals surface area contributed by atoms with Crippen molar-refractivity contribution in [2.24, 2.45) is 0 Å². The van der Waals surface area contributed by atoms with Crippen LogP contribution in [0.5, 0.6) is 0 Å². The van der Waals surface area contributed by atoms with Crippen LogP contribution in [0.3, 0.4) is 0 Å². The van der Waals surface area contributed by atoms with E-state index < -0.39 is 0 Å². The van der Waals surface area contributed by atoms with Gasteiger partial charge in [-0.3, -0.25) is 0 Å². The molecule has 0 aromatic rings. The van der Waals surface area contributed by atoms with Crippen LogP contribution in [0.2, 0.25) is 0 Å². The fourth-order valence-electron chi connectivity index (χ4n) is 1.97. The quantitative estimate of drug-likeness (QED) is 0.465. The Morgan fingerprint density at radius 1 is 1.00 bits per heavy atom. The van der Waals surface area contributed by atoms with Crippen molar-refractivity contribution in [1.82, 2.24) is 4.42 Å². The minimum absolute atomic E-state index is 0. The van der Waals surface area contributed by atoms with Gasteiger partial charge in [0.15, 0.2) is 0 Å². The average Bonchev–Trinajstić information content (AvgIpc) is 1.82. The van der Waals surface area contributed by atoms with E-state index in [4.69, 9.17) is 11.8 Å². The van der Waals surface area contributed by atoms with Crippen molar-refractivity contribution >= 4 is 11.8 Å². The molecule has 1 rings (SSSR count). The van der Waals surface area contributed by atoms with Crippen molar-refractivity contribution in [3.05, 3.63) is 0 Å². The fraction of sp³-hybridized carbons (Fsp3) is 1.00. The minimum Gasteiger partial charge on any atom is -0.209 e. The van der Waals surface area contributed by atoms with E-state index in [2.05, 4.69) is 27.7 Å². The van der Waals surface area contributed by atoms with E-state index in [1.807, 2.05) is 4.42 Å². The SMILES string of the molecule is CC1(C)CCCC(C)(C)N1Cl.[Zn]. The summed E-state index contributed by atoms with van der Waals surface area (Å²) in [6, 6.07) is 0. The van der Waals surface area contributed by atoms with Crippen LogP contribution >= 0.6 is 11.8 Å². The van der Waals surface area contributed by atoms with Gasteiger partial charge >= 0.3 is 0 Å². The first-order valence-corrected chi connectivity index (χ1v) is 4.66. The third-order valence-electron chi connectivity index (χ3n) is 2.64. The van der Waals surface area contributed by atoms with Crippen molar-refractivity contribution in [1.29, 1.82) is 0 Å². The number of piperidine rings is 1. The number of hydrogen-bond acceptors (Lipinski definition) is 1. The van der Waals surface area contributed by atoms with Gasteiger partial charge in [0.05, 0.1) is 0 Å². The molecular formula is C9H18ClNZn. The normalized spacial score (nSPS) is 27.8. The van der Waals surface area contributed by atoms with E-state index in [1.54, 1.807) is 0 Å². The molecule has 1 fully saturated rings. The third-order valence-corrected chi connectivity index (χ3v) is 3.56. The fourth-order valence-corrected chi connectivity index (χ4v) is 2.14. The van der Waals surface area contributed by atoms with Gasteiger partial charge < -0.3 is 0 Å². The average molecular weight is 241 g/mol. The van der Waals surface area contributed by atoms with Gasteiger partial charge in [0.2, 0.25) is 0 Å². The van der Waals surface area contributed by atoms with Crippen molar-refractivity contribution in [3.8, 4) is 0 Å². The van der Waals surface area contributed by atoms with Gasteiger partial charge in [-0.05, 0) is 58.7 Å². The van der Waals surface area contributed by atoms with Gasteiger partial charge in [0.25, 0.3) is 0 Å². The smallest absolute Gasteiger partial charge is 0.0312 e. The zero-order chi connectivity index (χ0) is 8.70. The molecule has 0 N–H and O–H groups in total. The molecule has 0 unspecified atom stereocenters. The van der Waals surface area contributed by atoms with Crippen LogP contribution in [0.25, 0.3) is 0 Å². The largest absolute Gasteiger partial charge is 0.209 e. The van der Waals surface area contributed by atoms with E-state index in [0.717, 1.165) is 0 Å². The molecule has 1 saturated heterocycles. The molecule has 0 saturated carbocycles. The Labute approximate surface area is 93.7 Å². The summed E-state index contributed by atoms with van der Waals surface area (Å²) in [5.41, 5.74) is 0.340. The first-order chi connectivity index (χ1) is 4.86. The molecule has 0 aromatic carbocycles. The Balaban J connectivity index is 0.00000121. The molecule has 12 heavy (non-hydrogen) atoms. The summed E-state index contributed by atoms with van der Waals surface area (Å²) < 4.78 is 1.99.